The normalized spacial score (nSPS) is 11.7. The number of hydrogen-bond acceptors (Lipinski definition) is 4. The van der Waals surface area contributed by atoms with E-state index in [2.05, 4.69) is 0 Å². The Balaban J connectivity index is 3.17. The summed E-state index contributed by atoms with van der Waals surface area (Å²) in [4.78, 5) is 23.4. The lowest BCUT2D eigenvalue weighted by atomic mass is 10.6. The molecule has 0 amide bonds. The van der Waals surface area contributed by atoms with Crippen LogP contribution in [0, 0.1) is 3.57 Å². The highest BCUT2D eigenvalue weighted by atomic mass is 127. The average Bonchev–Trinajstić information content (AvgIpc) is 2.26. The van der Waals surface area contributed by atoms with E-state index in [1.54, 1.807) is 0 Å². The number of sulfone groups is 1. The number of aryl methyl sites for hydroxylation is 1. The van der Waals surface area contributed by atoms with Gasteiger partial charge in [-0.2, -0.15) is 0 Å². The monoisotopic (exact) mass is 372 g/mol. The molecule has 0 aliphatic heterocycles. The Labute approximate surface area is 112 Å². The molecule has 0 saturated heterocycles. The van der Waals surface area contributed by atoms with Crippen molar-refractivity contribution in [1.82, 2.24) is 9.13 Å². The van der Waals surface area contributed by atoms with Crippen LogP contribution in [0.25, 0.3) is 0 Å². The van der Waals surface area contributed by atoms with Gasteiger partial charge >= 0.3 is 5.69 Å². The maximum atomic E-state index is 11.7. The van der Waals surface area contributed by atoms with E-state index in [0.717, 1.165) is 4.57 Å². The van der Waals surface area contributed by atoms with E-state index in [-0.39, 0.29) is 18.1 Å². The van der Waals surface area contributed by atoms with Gasteiger partial charge in [0.2, 0.25) is 0 Å². The van der Waals surface area contributed by atoms with Crippen LogP contribution in [-0.4, -0.2) is 29.1 Å². The molecule has 0 fully saturated rings. The Morgan fingerprint density at radius 2 is 1.94 bits per heavy atom. The van der Waals surface area contributed by atoms with Gasteiger partial charge in [-0.05, 0) is 22.6 Å². The highest BCUT2D eigenvalue weighted by molar-refractivity contribution is 14.1. The third-order valence-corrected chi connectivity index (χ3v) is 4.78. The summed E-state index contributed by atoms with van der Waals surface area (Å²) in [6, 6.07) is 0. The molecule has 17 heavy (non-hydrogen) atoms. The van der Waals surface area contributed by atoms with Gasteiger partial charge in [-0.3, -0.25) is 9.36 Å². The highest BCUT2D eigenvalue weighted by Gasteiger charge is 2.12. The number of rotatable bonds is 4. The van der Waals surface area contributed by atoms with Crippen LogP contribution >= 0.6 is 22.6 Å². The third kappa shape index (κ3) is 3.41. The molecule has 1 rings (SSSR count). The van der Waals surface area contributed by atoms with Crippen molar-refractivity contribution in [1.29, 1.82) is 0 Å². The Morgan fingerprint density at radius 3 is 2.47 bits per heavy atom. The van der Waals surface area contributed by atoms with Gasteiger partial charge in [0.1, 0.15) is 0 Å². The lowest BCUT2D eigenvalue weighted by Crippen LogP contribution is -2.41. The summed E-state index contributed by atoms with van der Waals surface area (Å²) >= 11 is 1.82. The molecule has 0 N–H and O–H groups in total. The summed E-state index contributed by atoms with van der Waals surface area (Å²) in [5.41, 5.74) is -0.943. The first kappa shape index (κ1) is 14.4. The molecule has 0 bridgehead atoms. The number of aromatic nitrogens is 2. The molecular weight excluding hydrogens is 359 g/mol. The van der Waals surface area contributed by atoms with Gasteiger partial charge in [-0.25, -0.2) is 13.2 Å². The largest absolute Gasteiger partial charge is 0.330 e. The molecule has 1 heterocycles. The molecule has 0 saturated carbocycles. The Morgan fingerprint density at radius 1 is 1.35 bits per heavy atom. The van der Waals surface area contributed by atoms with Crippen molar-refractivity contribution >= 4 is 32.4 Å². The van der Waals surface area contributed by atoms with Gasteiger partial charge in [0.25, 0.3) is 5.56 Å². The molecule has 0 aromatic carbocycles. The van der Waals surface area contributed by atoms with Crippen LogP contribution in [0.2, 0.25) is 0 Å². The second-order valence-electron chi connectivity index (χ2n) is 3.56. The molecule has 0 spiro atoms. The fourth-order valence-corrected chi connectivity index (χ4v) is 2.72. The first-order chi connectivity index (χ1) is 7.78. The molecule has 0 unspecified atom stereocenters. The zero-order chi connectivity index (χ0) is 13.2. The average molecular weight is 372 g/mol. The Kier molecular flexibility index (Phi) is 4.53. The van der Waals surface area contributed by atoms with Crippen molar-refractivity contribution in [2.24, 2.45) is 7.05 Å². The quantitative estimate of drug-likeness (QED) is 0.673. The van der Waals surface area contributed by atoms with E-state index >= 15 is 0 Å². The van der Waals surface area contributed by atoms with Crippen LogP contribution in [0.15, 0.2) is 15.8 Å². The molecule has 0 aliphatic carbocycles. The van der Waals surface area contributed by atoms with Crippen LogP contribution in [0.1, 0.15) is 6.92 Å². The molecule has 6 nitrogen and oxygen atoms in total. The Hall–Kier alpha value is -0.640. The summed E-state index contributed by atoms with van der Waals surface area (Å²) in [5, 5.41) is 0. The fraction of sp³-hybridized carbons (Fsp3) is 0.556. The molecule has 0 radical (unpaired) electrons. The zero-order valence-corrected chi connectivity index (χ0v) is 12.5. The molecule has 0 aliphatic rings. The number of nitrogens with zero attached hydrogens (tertiary/aromatic N) is 2. The van der Waals surface area contributed by atoms with E-state index in [1.807, 2.05) is 22.6 Å². The topological polar surface area (TPSA) is 78.1 Å². The van der Waals surface area contributed by atoms with Gasteiger partial charge in [-0.15, -0.1) is 0 Å². The minimum absolute atomic E-state index is 0.00594. The SMILES string of the molecule is CCS(=O)(=O)CCn1c(=O)c(I)cn(C)c1=O. The summed E-state index contributed by atoms with van der Waals surface area (Å²) in [5.74, 6) is -0.190. The van der Waals surface area contributed by atoms with Gasteiger partial charge in [0, 0.05) is 25.5 Å². The fourth-order valence-electron chi connectivity index (χ4n) is 1.26. The van der Waals surface area contributed by atoms with Gasteiger partial charge in [0.05, 0.1) is 9.32 Å². The molecule has 96 valence electrons. The first-order valence-electron chi connectivity index (χ1n) is 4.95. The van der Waals surface area contributed by atoms with Crippen LogP contribution in [0.5, 0.6) is 0 Å². The highest BCUT2D eigenvalue weighted by Crippen LogP contribution is 1.94. The first-order valence-corrected chi connectivity index (χ1v) is 7.85. The standard InChI is InChI=1S/C9H13IN2O4S/c1-3-17(15,16)5-4-12-8(13)7(10)6-11(2)9(12)14/h6H,3-5H2,1-2H3. The van der Waals surface area contributed by atoms with E-state index in [1.165, 1.54) is 24.7 Å². The van der Waals surface area contributed by atoms with Gasteiger partial charge < -0.3 is 4.57 Å². The van der Waals surface area contributed by atoms with Gasteiger partial charge in [-0.1, -0.05) is 6.92 Å². The van der Waals surface area contributed by atoms with Crippen LogP contribution < -0.4 is 11.2 Å². The van der Waals surface area contributed by atoms with E-state index < -0.39 is 21.1 Å². The van der Waals surface area contributed by atoms with E-state index in [9.17, 15) is 18.0 Å². The predicted octanol–water partition coefficient (Wildman–Crippen LogP) is -0.414. The molecule has 8 heteroatoms. The molecule has 1 aromatic heterocycles. The lowest BCUT2D eigenvalue weighted by Gasteiger charge is -2.07. The second-order valence-corrected chi connectivity index (χ2v) is 7.20. The zero-order valence-electron chi connectivity index (χ0n) is 9.51. The second kappa shape index (κ2) is 5.34. The molecular formula is C9H13IN2O4S. The summed E-state index contributed by atoms with van der Waals surface area (Å²) in [6.45, 7) is 1.43. The summed E-state index contributed by atoms with van der Waals surface area (Å²) in [6.07, 6.45) is 1.43. The minimum atomic E-state index is -3.19. The van der Waals surface area contributed by atoms with Gasteiger partial charge in [0.15, 0.2) is 9.84 Å². The number of hydrogen-bond donors (Lipinski definition) is 0. The van der Waals surface area contributed by atoms with E-state index in [0.29, 0.717) is 3.57 Å². The van der Waals surface area contributed by atoms with Crippen LogP contribution in [0.4, 0.5) is 0 Å². The predicted molar refractivity (Wildman–Crippen MR) is 73.0 cm³/mol. The van der Waals surface area contributed by atoms with Crippen molar-refractivity contribution in [2.75, 3.05) is 11.5 Å². The van der Waals surface area contributed by atoms with Crippen molar-refractivity contribution < 1.29 is 8.42 Å². The van der Waals surface area contributed by atoms with Crippen LogP contribution in [0.3, 0.4) is 0 Å². The minimum Gasteiger partial charge on any atom is -0.302 e. The Bertz CT molecular complexity index is 595. The maximum absolute atomic E-state index is 11.7. The molecule has 1 aromatic rings. The van der Waals surface area contributed by atoms with Crippen molar-refractivity contribution in [3.63, 3.8) is 0 Å². The van der Waals surface area contributed by atoms with Crippen molar-refractivity contribution in [3.05, 3.63) is 30.6 Å². The van der Waals surface area contributed by atoms with Crippen molar-refractivity contribution in [3.8, 4) is 0 Å². The lowest BCUT2D eigenvalue weighted by molar-refractivity contribution is 0.575. The summed E-state index contributed by atoms with van der Waals surface area (Å²) < 4.78 is 25.3. The van der Waals surface area contributed by atoms with E-state index in [4.69, 9.17) is 0 Å². The summed E-state index contributed by atoms with van der Waals surface area (Å²) in [7, 11) is -1.66. The third-order valence-electron chi connectivity index (χ3n) is 2.35. The number of halogens is 1. The molecule has 0 atom stereocenters. The van der Waals surface area contributed by atoms with Crippen molar-refractivity contribution in [2.45, 2.75) is 13.5 Å². The maximum Gasteiger partial charge on any atom is 0.330 e. The smallest absolute Gasteiger partial charge is 0.302 e. The van der Waals surface area contributed by atoms with Crippen LogP contribution in [-0.2, 0) is 23.4 Å².